The highest BCUT2D eigenvalue weighted by Gasteiger charge is 2.29. The minimum atomic E-state index is -0.420. The van der Waals surface area contributed by atoms with Crippen LogP contribution in [0.4, 0.5) is 0 Å². The minimum absolute atomic E-state index is 0.0287. The zero-order valence-corrected chi connectivity index (χ0v) is 14.0. The molecule has 0 aromatic rings. The number of hydrogen-bond donors (Lipinski definition) is 1. The quantitative estimate of drug-likeness (QED) is 0.783. The fourth-order valence-corrected chi connectivity index (χ4v) is 3.12. The number of rotatable bonds is 5. The van der Waals surface area contributed by atoms with E-state index in [0.717, 1.165) is 19.5 Å². The molecule has 2 heterocycles. The Labute approximate surface area is 133 Å². The standard InChI is InChI=1S/C16H30N4O2/c1-3-13(2)15(17)16(22)20-10-8-19(9-11-20)14(21)12-18-6-4-5-7-18/h13,15H,3-12,17H2,1-2H3/t13-,15+/m0/s1. The van der Waals surface area contributed by atoms with Crippen molar-refractivity contribution in [3.8, 4) is 0 Å². The zero-order valence-electron chi connectivity index (χ0n) is 14.0. The van der Waals surface area contributed by atoms with E-state index in [1.807, 2.05) is 23.6 Å². The minimum Gasteiger partial charge on any atom is -0.338 e. The van der Waals surface area contributed by atoms with Crippen molar-refractivity contribution in [1.29, 1.82) is 0 Å². The molecule has 2 amide bonds. The van der Waals surface area contributed by atoms with Gasteiger partial charge in [0.2, 0.25) is 11.8 Å². The lowest BCUT2D eigenvalue weighted by Crippen LogP contribution is -2.56. The third-order valence-electron chi connectivity index (χ3n) is 5.04. The molecular formula is C16H30N4O2. The van der Waals surface area contributed by atoms with Gasteiger partial charge in [-0.15, -0.1) is 0 Å². The van der Waals surface area contributed by atoms with Crippen molar-refractivity contribution < 1.29 is 9.59 Å². The Balaban J connectivity index is 1.77. The highest BCUT2D eigenvalue weighted by atomic mass is 16.2. The lowest BCUT2D eigenvalue weighted by Gasteiger charge is -2.37. The normalized spacial score (nSPS) is 22.7. The third kappa shape index (κ3) is 4.20. The van der Waals surface area contributed by atoms with E-state index in [2.05, 4.69) is 4.90 Å². The van der Waals surface area contributed by atoms with Crippen molar-refractivity contribution >= 4 is 11.8 Å². The molecule has 2 aliphatic rings. The Kier molecular flexibility index (Phi) is 6.20. The lowest BCUT2D eigenvalue weighted by molar-refractivity contribution is -0.141. The van der Waals surface area contributed by atoms with E-state index >= 15 is 0 Å². The molecule has 0 unspecified atom stereocenters. The summed E-state index contributed by atoms with van der Waals surface area (Å²) >= 11 is 0. The van der Waals surface area contributed by atoms with Crippen molar-refractivity contribution in [1.82, 2.24) is 14.7 Å². The van der Waals surface area contributed by atoms with Crippen LogP contribution < -0.4 is 5.73 Å². The molecule has 0 bridgehead atoms. The van der Waals surface area contributed by atoms with Crippen molar-refractivity contribution in [2.45, 2.75) is 39.2 Å². The summed E-state index contributed by atoms with van der Waals surface area (Å²) in [6.07, 6.45) is 3.30. The smallest absolute Gasteiger partial charge is 0.239 e. The molecule has 2 N–H and O–H groups in total. The molecule has 0 saturated carbocycles. The number of piperazine rings is 1. The third-order valence-corrected chi connectivity index (χ3v) is 5.04. The zero-order chi connectivity index (χ0) is 16.1. The van der Waals surface area contributed by atoms with Crippen molar-refractivity contribution in [2.75, 3.05) is 45.8 Å². The molecule has 2 rings (SSSR count). The summed E-state index contributed by atoms with van der Waals surface area (Å²) in [5.74, 6) is 0.420. The van der Waals surface area contributed by atoms with Gasteiger partial charge in [-0.25, -0.2) is 0 Å². The van der Waals surface area contributed by atoms with Gasteiger partial charge in [-0.3, -0.25) is 14.5 Å². The van der Waals surface area contributed by atoms with E-state index in [9.17, 15) is 9.59 Å². The topological polar surface area (TPSA) is 69.9 Å². The number of nitrogens with zero attached hydrogens (tertiary/aromatic N) is 3. The lowest BCUT2D eigenvalue weighted by atomic mass is 9.98. The highest BCUT2D eigenvalue weighted by Crippen LogP contribution is 2.12. The number of amides is 2. The first-order valence-corrected chi connectivity index (χ1v) is 8.57. The number of carbonyl (C=O) groups excluding carboxylic acids is 2. The Morgan fingerprint density at radius 1 is 1.00 bits per heavy atom. The first-order valence-electron chi connectivity index (χ1n) is 8.57. The Morgan fingerprint density at radius 2 is 1.55 bits per heavy atom. The van der Waals surface area contributed by atoms with Gasteiger partial charge in [-0.05, 0) is 31.8 Å². The van der Waals surface area contributed by atoms with E-state index < -0.39 is 6.04 Å². The van der Waals surface area contributed by atoms with Crippen LogP contribution in [0.5, 0.6) is 0 Å². The van der Waals surface area contributed by atoms with Crippen LogP contribution in [-0.2, 0) is 9.59 Å². The molecule has 0 spiro atoms. The number of likely N-dealkylation sites (tertiary alicyclic amines) is 1. The largest absolute Gasteiger partial charge is 0.338 e. The Morgan fingerprint density at radius 3 is 2.09 bits per heavy atom. The summed E-state index contributed by atoms with van der Waals surface area (Å²) in [7, 11) is 0. The van der Waals surface area contributed by atoms with Gasteiger partial charge in [0.1, 0.15) is 0 Å². The second-order valence-corrected chi connectivity index (χ2v) is 6.60. The first kappa shape index (κ1) is 17.2. The van der Waals surface area contributed by atoms with Gasteiger partial charge >= 0.3 is 0 Å². The van der Waals surface area contributed by atoms with Gasteiger partial charge in [0.05, 0.1) is 12.6 Å². The van der Waals surface area contributed by atoms with Crippen LogP contribution in [0.15, 0.2) is 0 Å². The van der Waals surface area contributed by atoms with Gasteiger partial charge in [0, 0.05) is 26.2 Å². The number of carbonyl (C=O) groups is 2. The summed E-state index contributed by atoms with van der Waals surface area (Å²) in [5, 5.41) is 0. The molecule has 2 saturated heterocycles. The molecule has 2 fully saturated rings. The van der Waals surface area contributed by atoms with Crippen LogP contribution in [-0.4, -0.2) is 78.4 Å². The Bertz CT molecular complexity index is 388. The van der Waals surface area contributed by atoms with Crippen LogP contribution >= 0.6 is 0 Å². The summed E-state index contributed by atoms with van der Waals surface area (Å²) in [6, 6.07) is -0.420. The molecular weight excluding hydrogens is 280 g/mol. The van der Waals surface area contributed by atoms with Gasteiger partial charge in [-0.1, -0.05) is 20.3 Å². The van der Waals surface area contributed by atoms with E-state index in [-0.39, 0.29) is 17.7 Å². The molecule has 0 aromatic carbocycles. The van der Waals surface area contributed by atoms with Crippen LogP contribution in [0.1, 0.15) is 33.1 Å². The van der Waals surface area contributed by atoms with Crippen LogP contribution in [0.3, 0.4) is 0 Å². The summed E-state index contributed by atoms with van der Waals surface area (Å²) in [5.41, 5.74) is 6.03. The molecule has 22 heavy (non-hydrogen) atoms. The molecule has 2 atom stereocenters. The second-order valence-electron chi connectivity index (χ2n) is 6.60. The van der Waals surface area contributed by atoms with E-state index in [1.165, 1.54) is 12.8 Å². The van der Waals surface area contributed by atoms with Crippen molar-refractivity contribution in [3.63, 3.8) is 0 Å². The molecule has 6 heteroatoms. The number of hydrogen-bond acceptors (Lipinski definition) is 4. The number of nitrogens with two attached hydrogens (primary N) is 1. The van der Waals surface area contributed by atoms with E-state index in [0.29, 0.717) is 32.7 Å². The monoisotopic (exact) mass is 310 g/mol. The average Bonchev–Trinajstić information content (AvgIpc) is 3.05. The summed E-state index contributed by atoms with van der Waals surface area (Å²) in [4.78, 5) is 30.5. The molecule has 0 aromatic heterocycles. The predicted molar refractivity (Wildman–Crippen MR) is 86.3 cm³/mol. The fraction of sp³-hybridized carbons (Fsp3) is 0.875. The maximum absolute atomic E-state index is 12.3. The van der Waals surface area contributed by atoms with Crippen molar-refractivity contribution in [2.24, 2.45) is 11.7 Å². The van der Waals surface area contributed by atoms with Crippen LogP contribution in [0.2, 0.25) is 0 Å². The molecule has 0 aliphatic carbocycles. The summed E-state index contributed by atoms with van der Waals surface area (Å²) < 4.78 is 0. The van der Waals surface area contributed by atoms with E-state index in [4.69, 9.17) is 5.73 Å². The molecule has 126 valence electrons. The van der Waals surface area contributed by atoms with Gasteiger partial charge in [-0.2, -0.15) is 0 Å². The van der Waals surface area contributed by atoms with Crippen LogP contribution in [0, 0.1) is 5.92 Å². The molecule has 2 aliphatic heterocycles. The maximum Gasteiger partial charge on any atom is 0.239 e. The fourth-order valence-electron chi connectivity index (χ4n) is 3.12. The van der Waals surface area contributed by atoms with Crippen molar-refractivity contribution in [3.05, 3.63) is 0 Å². The SMILES string of the molecule is CC[C@H](C)[C@@H](N)C(=O)N1CCN(C(=O)CN2CCCC2)CC1. The molecule has 0 radical (unpaired) electrons. The second kappa shape index (κ2) is 7.92. The Hall–Kier alpha value is -1.14. The van der Waals surface area contributed by atoms with Gasteiger partial charge in [0.15, 0.2) is 0 Å². The molecule has 6 nitrogen and oxygen atoms in total. The summed E-state index contributed by atoms with van der Waals surface area (Å²) in [6.45, 7) is 9.13. The highest BCUT2D eigenvalue weighted by molar-refractivity contribution is 5.83. The average molecular weight is 310 g/mol. The first-order chi connectivity index (χ1) is 10.5. The predicted octanol–water partition coefficient (Wildman–Crippen LogP) is 0.126. The maximum atomic E-state index is 12.3. The van der Waals surface area contributed by atoms with Gasteiger partial charge in [0.25, 0.3) is 0 Å². The van der Waals surface area contributed by atoms with Gasteiger partial charge < -0.3 is 15.5 Å². The van der Waals surface area contributed by atoms with Crippen LogP contribution in [0.25, 0.3) is 0 Å². The van der Waals surface area contributed by atoms with E-state index in [1.54, 1.807) is 0 Å².